The molecule has 0 fully saturated rings. The standard InChI is InChI=1S/C28H26F2N2O4/c1-13-3-5-15-9-17(29)11-21-23(15)31(13)27(35)19(25(21)33)7-8-20-26(34)22-12-18(30)10-16-6-4-14(2)32(24(16)22)28(20)36/h9-14,33-34H,3-8H2,1-2H3/t13-,14-/m1/s1. The third-order valence-corrected chi connectivity index (χ3v) is 7.99. The molecule has 2 aliphatic rings. The van der Waals surface area contributed by atoms with Gasteiger partial charge < -0.3 is 19.3 Å². The Bertz CT molecular complexity index is 1590. The zero-order valence-electron chi connectivity index (χ0n) is 20.1. The average molecular weight is 493 g/mol. The van der Waals surface area contributed by atoms with E-state index in [1.54, 1.807) is 9.13 Å². The van der Waals surface area contributed by atoms with Gasteiger partial charge in [-0.1, -0.05) is 0 Å². The van der Waals surface area contributed by atoms with Crippen molar-refractivity contribution in [2.75, 3.05) is 0 Å². The monoisotopic (exact) mass is 492 g/mol. The van der Waals surface area contributed by atoms with Gasteiger partial charge in [0.05, 0.1) is 22.2 Å². The molecule has 36 heavy (non-hydrogen) atoms. The summed E-state index contributed by atoms with van der Waals surface area (Å²) in [4.78, 5) is 27.0. The van der Waals surface area contributed by atoms with Crippen LogP contribution < -0.4 is 11.1 Å². The summed E-state index contributed by atoms with van der Waals surface area (Å²) < 4.78 is 31.9. The summed E-state index contributed by atoms with van der Waals surface area (Å²) in [6, 6.07) is 4.98. The van der Waals surface area contributed by atoms with Crippen molar-refractivity contribution in [2.24, 2.45) is 0 Å². The minimum Gasteiger partial charge on any atom is -0.507 e. The molecule has 2 atom stereocenters. The highest BCUT2D eigenvalue weighted by Crippen LogP contribution is 2.38. The van der Waals surface area contributed by atoms with Crippen LogP contribution in [0.2, 0.25) is 0 Å². The van der Waals surface area contributed by atoms with Gasteiger partial charge in [0.15, 0.2) is 0 Å². The van der Waals surface area contributed by atoms with E-state index in [9.17, 15) is 28.6 Å². The Morgan fingerprint density at radius 1 is 0.750 bits per heavy atom. The van der Waals surface area contributed by atoms with E-state index in [0.717, 1.165) is 0 Å². The van der Waals surface area contributed by atoms with Crippen LogP contribution in [-0.2, 0) is 25.7 Å². The lowest BCUT2D eigenvalue weighted by Crippen LogP contribution is -2.32. The van der Waals surface area contributed by atoms with Crippen LogP contribution in [0.1, 0.15) is 61.0 Å². The van der Waals surface area contributed by atoms with Crippen molar-refractivity contribution < 1.29 is 19.0 Å². The number of rotatable bonds is 3. The number of nitrogens with zero attached hydrogens (tertiary/aromatic N) is 2. The molecule has 4 heterocycles. The summed E-state index contributed by atoms with van der Waals surface area (Å²) in [7, 11) is 0. The lowest BCUT2D eigenvalue weighted by atomic mass is 9.93. The highest BCUT2D eigenvalue weighted by atomic mass is 19.1. The first-order chi connectivity index (χ1) is 17.2. The zero-order valence-corrected chi connectivity index (χ0v) is 20.1. The molecule has 0 aliphatic carbocycles. The van der Waals surface area contributed by atoms with Gasteiger partial charge in [-0.25, -0.2) is 8.78 Å². The van der Waals surface area contributed by atoms with Gasteiger partial charge in [0.1, 0.15) is 23.1 Å². The largest absolute Gasteiger partial charge is 0.507 e. The van der Waals surface area contributed by atoms with Crippen molar-refractivity contribution >= 4 is 21.8 Å². The summed E-state index contributed by atoms with van der Waals surface area (Å²) in [6.07, 6.45) is 2.47. The van der Waals surface area contributed by atoms with Gasteiger partial charge in [0.25, 0.3) is 11.1 Å². The molecule has 2 aliphatic heterocycles. The zero-order chi connectivity index (χ0) is 25.5. The third-order valence-electron chi connectivity index (χ3n) is 7.99. The molecule has 0 radical (unpaired) electrons. The number of aryl methyl sites for hydroxylation is 2. The third kappa shape index (κ3) is 3.13. The molecule has 2 aromatic heterocycles. The van der Waals surface area contributed by atoms with E-state index in [1.165, 1.54) is 24.3 Å². The SMILES string of the molecule is C[C@@H]1CCc2cc(F)cc3c(O)c(CCc4c(O)c5cc(F)cc6c5n(c4=O)[C@H](C)CC6)c(=O)n1c23. The quantitative estimate of drug-likeness (QED) is 0.430. The number of hydrogen-bond donors (Lipinski definition) is 2. The summed E-state index contributed by atoms with van der Waals surface area (Å²) in [5.74, 6) is -1.58. The molecular formula is C28H26F2N2O4. The van der Waals surface area contributed by atoms with Crippen LogP contribution in [0.3, 0.4) is 0 Å². The summed E-state index contributed by atoms with van der Waals surface area (Å²) >= 11 is 0. The van der Waals surface area contributed by atoms with Crippen molar-refractivity contribution in [1.82, 2.24) is 9.13 Å². The maximum absolute atomic E-state index is 14.3. The van der Waals surface area contributed by atoms with Crippen LogP contribution in [0.15, 0.2) is 33.9 Å². The minimum absolute atomic E-state index is 0.0377. The van der Waals surface area contributed by atoms with Gasteiger partial charge in [-0.05, 0) is 87.8 Å². The summed E-state index contributed by atoms with van der Waals surface area (Å²) in [5.41, 5.74) is 1.80. The lowest BCUT2D eigenvalue weighted by molar-refractivity contribution is 0.447. The molecule has 0 unspecified atom stereocenters. The highest BCUT2D eigenvalue weighted by Gasteiger charge is 2.28. The first-order valence-electron chi connectivity index (χ1n) is 12.3. The van der Waals surface area contributed by atoms with Crippen LogP contribution in [-0.4, -0.2) is 19.3 Å². The summed E-state index contributed by atoms with van der Waals surface area (Å²) in [5, 5.41) is 22.6. The first-order valence-corrected chi connectivity index (χ1v) is 12.3. The Kier molecular flexibility index (Phi) is 5.00. The number of pyridine rings is 2. The van der Waals surface area contributed by atoms with Crippen LogP contribution >= 0.6 is 0 Å². The fraction of sp³-hybridized carbons (Fsp3) is 0.357. The van der Waals surface area contributed by atoms with Gasteiger partial charge in [0, 0.05) is 22.9 Å². The van der Waals surface area contributed by atoms with Crippen LogP contribution in [0.25, 0.3) is 21.8 Å². The Hall–Kier alpha value is -3.68. The molecule has 0 spiro atoms. The normalized spacial score (nSPS) is 18.8. The molecule has 6 rings (SSSR count). The Balaban J connectivity index is 1.53. The van der Waals surface area contributed by atoms with E-state index in [2.05, 4.69) is 0 Å². The number of halogens is 2. The minimum atomic E-state index is -0.491. The number of benzene rings is 2. The van der Waals surface area contributed by atoms with Crippen molar-refractivity contribution in [3.63, 3.8) is 0 Å². The van der Waals surface area contributed by atoms with Gasteiger partial charge in [0.2, 0.25) is 0 Å². The van der Waals surface area contributed by atoms with Gasteiger partial charge in [-0.2, -0.15) is 0 Å². The van der Waals surface area contributed by atoms with E-state index in [-0.39, 0.29) is 69.4 Å². The van der Waals surface area contributed by atoms with E-state index < -0.39 is 11.6 Å². The molecule has 2 N–H and O–H groups in total. The molecule has 0 bridgehead atoms. The molecule has 2 aromatic carbocycles. The maximum atomic E-state index is 14.3. The molecule has 4 aromatic rings. The molecule has 6 nitrogen and oxygen atoms in total. The number of aromatic nitrogens is 2. The second kappa shape index (κ2) is 7.91. The van der Waals surface area contributed by atoms with E-state index in [4.69, 9.17) is 0 Å². The second-order valence-electron chi connectivity index (χ2n) is 10.2. The summed E-state index contributed by atoms with van der Waals surface area (Å²) in [6.45, 7) is 3.82. The number of hydrogen-bond acceptors (Lipinski definition) is 4. The van der Waals surface area contributed by atoms with Gasteiger partial charge in [-0.3, -0.25) is 9.59 Å². The van der Waals surface area contributed by atoms with Crippen LogP contribution in [0.5, 0.6) is 11.5 Å². The molecular weight excluding hydrogens is 466 g/mol. The van der Waals surface area contributed by atoms with E-state index in [1.807, 2.05) is 13.8 Å². The Morgan fingerprint density at radius 2 is 1.14 bits per heavy atom. The van der Waals surface area contributed by atoms with Crippen molar-refractivity contribution in [1.29, 1.82) is 0 Å². The highest BCUT2D eigenvalue weighted by molar-refractivity contribution is 5.90. The van der Waals surface area contributed by atoms with E-state index >= 15 is 0 Å². The molecule has 8 heteroatoms. The van der Waals surface area contributed by atoms with Crippen LogP contribution in [0, 0.1) is 11.6 Å². The fourth-order valence-corrected chi connectivity index (χ4v) is 6.17. The molecule has 186 valence electrons. The maximum Gasteiger partial charge on any atom is 0.258 e. The Labute approximate surface area is 205 Å². The predicted molar refractivity (Wildman–Crippen MR) is 133 cm³/mol. The predicted octanol–water partition coefficient (Wildman–Crippen LogP) is 4.81. The van der Waals surface area contributed by atoms with Crippen molar-refractivity contribution in [3.05, 3.63) is 78.9 Å². The Morgan fingerprint density at radius 3 is 1.53 bits per heavy atom. The number of aromatic hydroxyl groups is 2. The molecule has 0 amide bonds. The van der Waals surface area contributed by atoms with Crippen molar-refractivity contribution in [2.45, 2.75) is 64.5 Å². The van der Waals surface area contributed by atoms with Crippen LogP contribution in [0.4, 0.5) is 8.78 Å². The van der Waals surface area contributed by atoms with E-state index in [0.29, 0.717) is 47.8 Å². The average Bonchev–Trinajstić information content (AvgIpc) is 2.83. The molecule has 0 saturated heterocycles. The smallest absolute Gasteiger partial charge is 0.258 e. The van der Waals surface area contributed by atoms with Gasteiger partial charge in [-0.15, -0.1) is 0 Å². The first kappa shape index (κ1) is 22.8. The van der Waals surface area contributed by atoms with Crippen molar-refractivity contribution in [3.8, 4) is 11.5 Å². The molecule has 0 saturated carbocycles. The topological polar surface area (TPSA) is 84.5 Å². The van der Waals surface area contributed by atoms with Gasteiger partial charge >= 0.3 is 0 Å². The lowest BCUT2D eigenvalue weighted by Gasteiger charge is -2.27. The second-order valence-corrected chi connectivity index (χ2v) is 10.2. The fourth-order valence-electron chi connectivity index (χ4n) is 6.17.